The Hall–Kier alpha value is -0.600. The molecule has 0 bridgehead atoms. The topological polar surface area (TPSA) is 12.0 Å². The van der Waals surface area contributed by atoms with Crippen LogP contribution in [0.3, 0.4) is 0 Å². The van der Waals surface area contributed by atoms with Crippen LogP contribution in [0.25, 0.3) is 0 Å². The molecule has 1 aromatic carbocycles. The van der Waals surface area contributed by atoms with E-state index in [1.54, 1.807) is 6.07 Å². The van der Waals surface area contributed by atoms with E-state index in [0.717, 1.165) is 25.1 Å². The summed E-state index contributed by atoms with van der Waals surface area (Å²) in [6.45, 7) is 6.57. The third-order valence-electron chi connectivity index (χ3n) is 3.72. The highest BCUT2D eigenvalue weighted by molar-refractivity contribution is 6.30. The second-order valence-electron chi connectivity index (χ2n) is 5.05. The molecular weight excluding hydrogens is 225 g/mol. The molecule has 0 saturated carbocycles. The molecule has 2 rings (SSSR count). The molecule has 1 aliphatic rings. The highest BCUT2D eigenvalue weighted by Crippen LogP contribution is 2.36. The Bertz CT molecular complexity index is 386. The fourth-order valence-corrected chi connectivity index (χ4v) is 2.44. The zero-order valence-electron chi connectivity index (χ0n) is 9.69. The smallest absolute Gasteiger partial charge is 0.141 e. The zero-order valence-corrected chi connectivity index (χ0v) is 10.4. The monoisotopic (exact) mass is 241 g/mol. The summed E-state index contributed by atoms with van der Waals surface area (Å²) in [6, 6.07) is 5.04. The van der Waals surface area contributed by atoms with Crippen LogP contribution < -0.4 is 5.32 Å². The summed E-state index contributed by atoms with van der Waals surface area (Å²) in [7, 11) is 0. The van der Waals surface area contributed by atoms with Gasteiger partial charge in [-0.3, -0.25) is 0 Å². The average molecular weight is 242 g/mol. The van der Waals surface area contributed by atoms with E-state index < -0.39 is 0 Å². The molecule has 0 amide bonds. The first-order valence-electron chi connectivity index (χ1n) is 5.68. The van der Waals surface area contributed by atoms with Crippen LogP contribution in [0.5, 0.6) is 0 Å². The van der Waals surface area contributed by atoms with Crippen molar-refractivity contribution in [2.75, 3.05) is 13.1 Å². The lowest BCUT2D eigenvalue weighted by Crippen LogP contribution is -2.57. The summed E-state index contributed by atoms with van der Waals surface area (Å²) in [4.78, 5) is 0. The maximum Gasteiger partial charge on any atom is 0.141 e. The fourth-order valence-electron chi connectivity index (χ4n) is 2.24. The van der Waals surface area contributed by atoms with E-state index in [0.29, 0.717) is 11.3 Å². The van der Waals surface area contributed by atoms with Gasteiger partial charge in [-0.05, 0) is 30.0 Å². The summed E-state index contributed by atoms with van der Waals surface area (Å²) in [6.07, 6.45) is 0.970. The maximum absolute atomic E-state index is 13.0. The number of hydrogen-bond donors (Lipinski definition) is 1. The van der Waals surface area contributed by atoms with Gasteiger partial charge in [-0.15, -0.1) is 0 Å². The Morgan fingerprint density at radius 2 is 2.12 bits per heavy atom. The molecule has 16 heavy (non-hydrogen) atoms. The van der Waals surface area contributed by atoms with Crippen LogP contribution in [-0.4, -0.2) is 13.1 Å². The summed E-state index contributed by atoms with van der Waals surface area (Å²) in [5.41, 5.74) is 1.45. The van der Waals surface area contributed by atoms with Gasteiger partial charge in [0.25, 0.3) is 0 Å². The molecule has 88 valence electrons. The molecule has 0 aromatic heterocycles. The second-order valence-corrected chi connectivity index (χ2v) is 5.45. The van der Waals surface area contributed by atoms with E-state index in [2.05, 4.69) is 19.2 Å². The van der Waals surface area contributed by atoms with Gasteiger partial charge in [0.2, 0.25) is 0 Å². The summed E-state index contributed by atoms with van der Waals surface area (Å²) < 4.78 is 13.0. The molecule has 0 spiro atoms. The van der Waals surface area contributed by atoms with Gasteiger partial charge in [0.05, 0.1) is 5.02 Å². The summed E-state index contributed by atoms with van der Waals surface area (Å²) in [5.74, 6) is 0.285. The number of benzene rings is 1. The summed E-state index contributed by atoms with van der Waals surface area (Å²) in [5, 5.41) is 3.55. The first kappa shape index (κ1) is 11.9. The maximum atomic E-state index is 13.0. The van der Waals surface area contributed by atoms with Crippen LogP contribution in [0.15, 0.2) is 18.2 Å². The third kappa shape index (κ3) is 2.09. The van der Waals surface area contributed by atoms with Crippen molar-refractivity contribution in [3.05, 3.63) is 34.6 Å². The molecule has 1 N–H and O–H groups in total. The van der Waals surface area contributed by atoms with Gasteiger partial charge in [-0.25, -0.2) is 4.39 Å². The van der Waals surface area contributed by atoms with E-state index in [4.69, 9.17) is 11.6 Å². The van der Waals surface area contributed by atoms with Crippen LogP contribution in [0, 0.1) is 17.2 Å². The van der Waals surface area contributed by atoms with Crippen molar-refractivity contribution in [1.29, 1.82) is 0 Å². The normalized spacial score (nSPS) is 18.6. The molecule has 0 atom stereocenters. The van der Waals surface area contributed by atoms with Gasteiger partial charge in [-0.1, -0.05) is 31.5 Å². The molecule has 0 unspecified atom stereocenters. The molecule has 3 heteroatoms. The third-order valence-corrected chi connectivity index (χ3v) is 4.01. The second kappa shape index (κ2) is 4.34. The van der Waals surface area contributed by atoms with Crippen LogP contribution in [0.1, 0.15) is 19.4 Å². The van der Waals surface area contributed by atoms with Crippen molar-refractivity contribution in [2.24, 2.45) is 11.3 Å². The molecule has 0 aliphatic carbocycles. The highest BCUT2D eigenvalue weighted by Gasteiger charge is 2.39. The van der Waals surface area contributed by atoms with Crippen LogP contribution >= 0.6 is 11.6 Å². The SMILES string of the molecule is CC(C)C1(Cc2ccc(F)c(Cl)c2)CNC1. The van der Waals surface area contributed by atoms with Crippen molar-refractivity contribution in [3.8, 4) is 0 Å². The van der Waals surface area contributed by atoms with E-state index in [-0.39, 0.29) is 10.8 Å². The predicted octanol–water partition coefficient (Wildman–Crippen LogP) is 3.27. The van der Waals surface area contributed by atoms with Gasteiger partial charge < -0.3 is 5.32 Å². The first-order valence-corrected chi connectivity index (χ1v) is 6.06. The van der Waals surface area contributed by atoms with E-state index in [1.165, 1.54) is 6.07 Å². The molecular formula is C13H17ClFN. The Morgan fingerprint density at radius 3 is 2.56 bits per heavy atom. The molecule has 0 radical (unpaired) electrons. The van der Waals surface area contributed by atoms with Gasteiger partial charge >= 0.3 is 0 Å². The van der Waals surface area contributed by atoms with E-state index in [9.17, 15) is 4.39 Å². The minimum absolute atomic E-state index is 0.226. The average Bonchev–Trinajstić information content (AvgIpc) is 2.16. The lowest BCUT2D eigenvalue weighted by Gasteiger charge is -2.46. The van der Waals surface area contributed by atoms with Gasteiger partial charge in [0, 0.05) is 18.5 Å². The molecule has 1 saturated heterocycles. The molecule has 1 aromatic rings. The number of rotatable bonds is 3. The van der Waals surface area contributed by atoms with Crippen LogP contribution in [-0.2, 0) is 6.42 Å². The van der Waals surface area contributed by atoms with Crippen molar-refractivity contribution in [3.63, 3.8) is 0 Å². The number of halogens is 2. The van der Waals surface area contributed by atoms with E-state index in [1.807, 2.05) is 6.07 Å². The number of nitrogens with one attached hydrogen (secondary N) is 1. The molecule has 1 nitrogen and oxygen atoms in total. The minimum atomic E-state index is -0.337. The standard InChI is InChI=1S/C13H17ClFN/c1-9(2)13(7-16-8-13)6-10-3-4-12(15)11(14)5-10/h3-5,9,16H,6-8H2,1-2H3. The largest absolute Gasteiger partial charge is 0.315 e. The van der Waals surface area contributed by atoms with Crippen molar-refractivity contribution in [2.45, 2.75) is 20.3 Å². The minimum Gasteiger partial charge on any atom is -0.315 e. The molecule has 1 aliphatic heterocycles. The molecule has 1 heterocycles. The fraction of sp³-hybridized carbons (Fsp3) is 0.538. The van der Waals surface area contributed by atoms with Gasteiger partial charge in [0.1, 0.15) is 5.82 Å². The predicted molar refractivity (Wildman–Crippen MR) is 65.3 cm³/mol. The first-order chi connectivity index (χ1) is 7.53. The number of hydrogen-bond acceptors (Lipinski definition) is 1. The quantitative estimate of drug-likeness (QED) is 0.857. The van der Waals surface area contributed by atoms with Crippen LogP contribution in [0.4, 0.5) is 4.39 Å². The summed E-state index contributed by atoms with van der Waals surface area (Å²) >= 11 is 5.79. The highest BCUT2D eigenvalue weighted by atomic mass is 35.5. The Morgan fingerprint density at radius 1 is 1.44 bits per heavy atom. The Balaban J connectivity index is 2.16. The van der Waals surface area contributed by atoms with Gasteiger partial charge in [0.15, 0.2) is 0 Å². The van der Waals surface area contributed by atoms with E-state index >= 15 is 0 Å². The lowest BCUT2D eigenvalue weighted by atomic mass is 9.68. The Kier molecular flexibility index (Phi) is 3.22. The Labute approximate surface area is 101 Å². The zero-order chi connectivity index (χ0) is 11.8. The van der Waals surface area contributed by atoms with Crippen molar-refractivity contribution < 1.29 is 4.39 Å². The van der Waals surface area contributed by atoms with Crippen molar-refractivity contribution in [1.82, 2.24) is 5.32 Å². The molecule has 1 fully saturated rings. The van der Waals surface area contributed by atoms with Crippen molar-refractivity contribution >= 4 is 11.6 Å². The lowest BCUT2D eigenvalue weighted by molar-refractivity contribution is 0.0994. The van der Waals surface area contributed by atoms with Crippen LogP contribution in [0.2, 0.25) is 5.02 Å². The van der Waals surface area contributed by atoms with Gasteiger partial charge in [-0.2, -0.15) is 0 Å².